The van der Waals surface area contributed by atoms with E-state index in [4.69, 9.17) is 21.1 Å². The fourth-order valence-electron chi connectivity index (χ4n) is 4.15. The molecule has 0 bridgehead atoms. The highest BCUT2D eigenvalue weighted by Crippen LogP contribution is 2.37. The van der Waals surface area contributed by atoms with Gasteiger partial charge in [0.05, 0.1) is 18.4 Å². The Kier molecular flexibility index (Phi) is 9.28. The highest BCUT2D eigenvalue weighted by Gasteiger charge is 2.26. The standard InChI is InChI=1S/C25H29ClN4O4S2/c1-3-30-20(14-34-17-12-10-16(26)11-13-17)28-29-25(30)35-15-21(31)27-23-22(24(32)33-2)18-8-6-4-5-7-9-19(18)36-23/h10-13H,3-9,14-15H2,1-2H3,(H,27,31). The van der Waals surface area contributed by atoms with E-state index in [0.717, 1.165) is 37.7 Å². The Morgan fingerprint density at radius 2 is 1.89 bits per heavy atom. The van der Waals surface area contributed by atoms with E-state index < -0.39 is 5.97 Å². The van der Waals surface area contributed by atoms with E-state index >= 15 is 0 Å². The van der Waals surface area contributed by atoms with Crippen LogP contribution in [0.15, 0.2) is 29.4 Å². The number of ether oxygens (including phenoxy) is 2. The second-order valence-corrected chi connectivity index (χ2v) is 10.8. The van der Waals surface area contributed by atoms with E-state index in [1.54, 1.807) is 24.3 Å². The summed E-state index contributed by atoms with van der Waals surface area (Å²) >= 11 is 8.72. The van der Waals surface area contributed by atoms with E-state index in [1.807, 2.05) is 11.5 Å². The smallest absolute Gasteiger partial charge is 0.341 e. The molecule has 192 valence electrons. The van der Waals surface area contributed by atoms with Crippen molar-refractivity contribution in [2.24, 2.45) is 0 Å². The number of aromatic nitrogens is 3. The number of nitrogens with zero attached hydrogens (tertiary/aromatic N) is 3. The maximum atomic E-state index is 12.9. The van der Waals surface area contributed by atoms with Crippen LogP contribution in [0.5, 0.6) is 5.75 Å². The molecular formula is C25H29ClN4O4S2. The van der Waals surface area contributed by atoms with Crippen LogP contribution in [0.4, 0.5) is 5.00 Å². The number of hydrogen-bond acceptors (Lipinski definition) is 8. The van der Waals surface area contributed by atoms with Crippen LogP contribution >= 0.6 is 34.7 Å². The molecule has 0 atom stereocenters. The third-order valence-electron chi connectivity index (χ3n) is 5.94. The van der Waals surface area contributed by atoms with E-state index in [-0.39, 0.29) is 18.3 Å². The van der Waals surface area contributed by atoms with Crippen LogP contribution < -0.4 is 10.1 Å². The lowest BCUT2D eigenvalue weighted by atomic mass is 9.96. The van der Waals surface area contributed by atoms with Gasteiger partial charge in [0, 0.05) is 16.4 Å². The second kappa shape index (κ2) is 12.6. The molecule has 1 aromatic carbocycles. The topological polar surface area (TPSA) is 95.3 Å². The van der Waals surface area contributed by atoms with Crippen LogP contribution in [0, 0.1) is 0 Å². The van der Waals surface area contributed by atoms with Crippen molar-refractivity contribution in [2.45, 2.75) is 63.8 Å². The average Bonchev–Trinajstić information content (AvgIpc) is 3.41. The van der Waals surface area contributed by atoms with Crippen molar-refractivity contribution >= 4 is 51.6 Å². The van der Waals surface area contributed by atoms with Gasteiger partial charge in [-0.05, 0) is 62.4 Å². The number of carbonyl (C=O) groups excluding carboxylic acids is 2. The molecule has 2 aromatic heterocycles. The summed E-state index contributed by atoms with van der Waals surface area (Å²) in [7, 11) is 1.38. The maximum absolute atomic E-state index is 12.9. The van der Waals surface area contributed by atoms with E-state index in [1.165, 1.54) is 41.5 Å². The van der Waals surface area contributed by atoms with E-state index in [9.17, 15) is 9.59 Å². The molecular weight excluding hydrogens is 520 g/mol. The van der Waals surface area contributed by atoms with Crippen molar-refractivity contribution in [3.05, 3.63) is 51.1 Å². The second-order valence-electron chi connectivity index (χ2n) is 8.34. The summed E-state index contributed by atoms with van der Waals surface area (Å²) in [6.45, 7) is 2.88. The molecule has 8 nitrogen and oxygen atoms in total. The minimum absolute atomic E-state index is 0.138. The molecule has 2 heterocycles. The molecule has 0 fully saturated rings. The number of hydrogen-bond donors (Lipinski definition) is 1. The zero-order valence-corrected chi connectivity index (χ0v) is 22.7. The van der Waals surface area contributed by atoms with E-state index in [0.29, 0.717) is 38.9 Å². The van der Waals surface area contributed by atoms with Gasteiger partial charge in [0.25, 0.3) is 0 Å². The van der Waals surface area contributed by atoms with Crippen LogP contribution in [0.25, 0.3) is 0 Å². The van der Waals surface area contributed by atoms with Crippen LogP contribution in [-0.2, 0) is 35.5 Å². The fourth-order valence-corrected chi connectivity index (χ4v) is 6.39. The average molecular weight is 549 g/mol. The van der Waals surface area contributed by atoms with Gasteiger partial charge in [-0.25, -0.2) is 4.79 Å². The lowest BCUT2D eigenvalue weighted by Gasteiger charge is -2.11. The molecule has 0 unspecified atom stereocenters. The lowest BCUT2D eigenvalue weighted by Crippen LogP contribution is -2.17. The quantitative estimate of drug-likeness (QED) is 0.268. The van der Waals surface area contributed by atoms with Crippen LogP contribution in [0.3, 0.4) is 0 Å². The number of thioether (sulfide) groups is 1. The van der Waals surface area contributed by atoms with Crippen LogP contribution in [0.2, 0.25) is 5.02 Å². The normalized spacial score (nSPS) is 13.4. The first-order chi connectivity index (χ1) is 17.5. The predicted octanol–water partition coefficient (Wildman–Crippen LogP) is 5.77. The number of halogens is 1. The summed E-state index contributed by atoms with van der Waals surface area (Å²) < 4.78 is 12.8. The van der Waals surface area contributed by atoms with Crippen molar-refractivity contribution in [3.8, 4) is 5.75 Å². The van der Waals surface area contributed by atoms with Gasteiger partial charge < -0.3 is 19.4 Å². The molecule has 1 aliphatic carbocycles. The van der Waals surface area contributed by atoms with Gasteiger partial charge in [-0.3, -0.25) is 4.79 Å². The van der Waals surface area contributed by atoms with Crippen molar-refractivity contribution in [3.63, 3.8) is 0 Å². The SMILES string of the molecule is CCn1c(COc2ccc(Cl)cc2)nnc1SCC(=O)Nc1sc2c(c1C(=O)OC)CCCCCC2. The lowest BCUT2D eigenvalue weighted by molar-refractivity contribution is -0.113. The summed E-state index contributed by atoms with van der Waals surface area (Å²) in [5.74, 6) is 0.891. The third kappa shape index (κ3) is 6.41. The van der Waals surface area contributed by atoms with Crippen molar-refractivity contribution in [2.75, 3.05) is 18.2 Å². The Morgan fingerprint density at radius 1 is 1.14 bits per heavy atom. The van der Waals surface area contributed by atoms with Gasteiger partial charge in [-0.15, -0.1) is 21.5 Å². The number of carbonyl (C=O) groups is 2. The zero-order chi connectivity index (χ0) is 25.5. The van der Waals surface area contributed by atoms with E-state index in [2.05, 4.69) is 15.5 Å². The van der Waals surface area contributed by atoms with Gasteiger partial charge in [0.1, 0.15) is 17.4 Å². The molecule has 11 heteroatoms. The maximum Gasteiger partial charge on any atom is 0.341 e. The van der Waals surface area contributed by atoms with Crippen molar-refractivity contribution < 1.29 is 19.1 Å². The number of anilines is 1. The van der Waals surface area contributed by atoms with Gasteiger partial charge >= 0.3 is 5.97 Å². The largest absolute Gasteiger partial charge is 0.486 e. The molecule has 3 aromatic rings. The predicted molar refractivity (Wildman–Crippen MR) is 142 cm³/mol. The molecule has 0 saturated heterocycles. The Balaban J connectivity index is 1.41. The third-order valence-corrected chi connectivity index (χ3v) is 8.36. The molecule has 36 heavy (non-hydrogen) atoms. The van der Waals surface area contributed by atoms with Crippen LogP contribution in [-0.4, -0.2) is 39.5 Å². The summed E-state index contributed by atoms with van der Waals surface area (Å²) in [5, 5.41) is 13.3. The Labute approximate surface area is 223 Å². The first-order valence-corrected chi connectivity index (χ1v) is 14.1. The Bertz CT molecular complexity index is 1210. The molecule has 0 aliphatic heterocycles. The molecule has 0 saturated carbocycles. The fraction of sp³-hybridized carbons (Fsp3) is 0.440. The molecule has 4 rings (SSSR count). The summed E-state index contributed by atoms with van der Waals surface area (Å²) in [5.41, 5.74) is 1.54. The zero-order valence-electron chi connectivity index (χ0n) is 20.3. The first kappa shape index (κ1) is 26.5. The number of benzene rings is 1. The van der Waals surface area contributed by atoms with Gasteiger partial charge in [-0.2, -0.15) is 0 Å². The first-order valence-electron chi connectivity index (χ1n) is 12.0. The minimum Gasteiger partial charge on any atom is -0.486 e. The summed E-state index contributed by atoms with van der Waals surface area (Å²) in [6, 6.07) is 7.12. The van der Waals surface area contributed by atoms with Crippen molar-refractivity contribution in [1.82, 2.24) is 14.8 Å². The number of nitrogens with one attached hydrogen (secondary N) is 1. The number of thiophene rings is 1. The summed E-state index contributed by atoms with van der Waals surface area (Å²) in [4.78, 5) is 26.6. The Morgan fingerprint density at radius 3 is 2.61 bits per heavy atom. The van der Waals surface area contributed by atoms with Gasteiger partial charge in [0.15, 0.2) is 11.0 Å². The molecule has 1 amide bonds. The number of amides is 1. The molecule has 1 N–H and O–H groups in total. The number of esters is 1. The number of rotatable bonds is 9. The van der Waals surface area contributed by atoms with Gasteiger partial charge in [-0.1, -0.05) is 36.2 Å². The highest BCUT2D eigenvalue weighted by molar-refractivity contribution is 7.99. The highest BCUT2D eigenvalue weighted by atomic mass is 35.5. The molecule has 0 spiro atoms. The number of aryl methyl sites for hydroxylation is 1. The summed E-state index contributed by atoms with van der Waals surface area (Å²) in [6.07, 6.45) is 6.23. The molecule has 1 aliphatic rings. The van der Waals surface area contributed by atoms with Crippen molar-refractivity contribution in [1.29, 1.82) is 0 Å². The Hall–Kier alpha value is -2.56. The van der Waals surface area contributed by atoms with Gasteiger partial charge in [0.2, 0.25) is 5.91 Å². The monoisotopic (exact) mass is 548 g/mol. The van der Waals surface area contributed by atoms with Crippen LogP contribution in [0.1, 0.15) is 59.2 Å². The minimum atomic E-state index is -0.396. The number of methoxy groups -OCH3 is 1. The number of fused-ring (bicyclic) bond motifs is 1. The molecule has 0 radical (unpaired) electrons.